The van der Waals surface area contributed by atoms with Crippen LogP contribution in [0.5, 0.6) is 0 Å². The molecule has 0 aliphatic carbocycles. The van der Waals surface area contributed by atoms with Crippen LogP contribution in [0, 0.1) is 0 Å². The molecule has 0 saturated carbocycles. The molecular weight excluding hydrogens is 252 g/mol. The van der Waals surface area contributed by atoms with Crippen molar-refractivity contribution in [3.05, 3.63) is 0 Å². The molecule has 0 nitrogen and oxygen atoms in total. The zero-order valence-corrected chi connectivity index (χ0v) is 8.77. The molecular formula is C4H11Tl. The van der Waals surface area contributed by atoms with E-state index in [-0.39, 0.29) is 0 Å². The van der Waals surface area contributed by atoms with Gasteiger partial charge in [0.05, 0.1) is 0 Å². The Kier molecular flexibility index (Phi) is 3.70. The number of rotatable bonds is 1. The van der Waals surface area contributed by atoms with Gasteiger partial charge in [0.2, 0.25) is 0 Å². The van der Waals surface area contributed by atoms with Gasteiger partial charge in [-0.05, 0) is 0 Å². The Labute approximate surface area is 42.7 Å². The Bertz CT molecular complexity index is 17.6. The van der Waals surface area contributed by atoms with E-state index in [2.05, 4.69) is 15.9 Å². The van der Waals surface area contributed by atoms with Gasteiger partial charge in [-0.15, -0.1) is 0 Å². The molecule has 5 heavy (non-hydrogen) atoms. The third-order valence-corrected chi connectivity index (χ3v) is 7.16. The van der Waals surface area contributed by atoms with Gasteiger partial charge in [0.25, 0.3) is 0 Å². The van der Waals surface area contributed by atoms with Gasteiger partial charge in [0, 0.05) is 0 Å². The van der Waals surface area contributed by atoms with Gasteiger partial charge in [0.15, 0.2) is 0 Å². The fraction of sp³-hybridized carbons (Fsp3) is 1.00. The third kappa shape index (κ3) is 4.92. The first-order valence-corrected chi connectivity index (χ1v) is 14.4. The molecule has 0 fully saturated rings. The van der Waals surface area contributed by atoms with Crippen LogP contribution < -0.4 is 0 Å². The fourth-order valence-corrected chi connectivity index (χ4v) is 0. The standard InChI is InChI=1S/C2H5.2CH3.Tl/c1-2;;;/h1H2,2H3;2*1H3;. The summed E-state index contributed by atoms with van der Waals surface area (Å²) in [5.74, 6) is 0. The summed E-state index contributed by atoms with van der Waals surface area (Å²) in [6.45, 7) is 2.30. The molecule has 0 saturated heterocycles. The average Bonchev–Trinajstić information content (AvgIpc) is 1.38. The molecule has 0 aliphatic heterocycles. The summed E-state index contributed by atoms with van der Waals surface area (Å²) in [6.07, 6.45) is 0. The van der Waals surface area contributed by atoms with Crippen LogP contribution in [0.1, 0.15) is 6.92 Å². The van der Waals surface area contributed by atoms with Crippen molar-refractivity contribution in [2.45, 2.75) is 19.9 Å². The van der Waals surface area contributed by atoms with Crippen molar-refractivity contribution >= 4 is 22.7 Å². The second-order valence-corrected chi connectivity index (χ2v) is 15.8. The molecule has 0 heterocycles. The summed E-state index contributed by atoms with van der Waals surface area (Å²) < 4.78 is 6.42. The number of hydrogen-bond donors (Lipinski definition) is 0. The Balaban J connectivity index is 2.54. The van der Waals surface area contributed by atoms with E-state index in [9.17, 15) is 0 Å². The van der Waals surface area contributed by atoms with Crippen LogP contribution in [0.15, 0.2) is 0 Å². The predicted molar refractivity (Wildman–Crippen MR) is 28.0 cm³/mol. The monoisotopic (exact) mass is 264 g/mol. The molecule has 0 rings (SSSR count). The van der Waals surface area contributed by atoms with Crippen molar-refractivity contribution in [3.8, 4) is 0 Å². The van der Waals surface area contributed by atoms with Crippen molar-refractivity contribution in [2.24, 2.45) is 0 Å². The Morgan fingerprint density at radius 1 is 1.40 bits per heavy atom. The van der Waals surface area contributed by atoms with Crippen molar-refractivity contribution in [1.29, 1.82) is 0 Å². The normalized spacial score (nSPS) is 7.80. The predicted octanol–water partition coefficient (Wildman–Crippen LogP) is 1.76. The van der Waals surface area contributed by atoms with Crippen LogP contribution in [-0.4, -0.2) is 22.7 Å². The van der Waals surface area contributed by atoms with Gasteiger partial charge >= 0.3 is 42.6 Å². The first-order valence-electron chi connectivity index (χ1n) is 2.27. The molecule has 0 amide bonds. The zero-order valence-electron chi connectivity index (χ0n) is 4.28. The molecule has 0 N–H and O–H groups in total. The molecule has 0 radical (unpaired) electrons. The topological polar surface area (TPSA) is 0 Å². The fourth-order valence-electron chi connectivity index (χ4n) is 0. The SMILES string of the molecule is C[CH2][Tl]([CH3])[CH3]. The molecule has 0 aromatic heterocycles. The van der Waals surface area contributed by atoms with Crippen molar-refractivity contribution < 1.29 is 0 Å². The van der Waals surface area contributed by atoms with Crippen LogP contribution in [-0.2, 0) is 0 Å². The van der Waals surface area contributed by atoms with Crippen LogP contribution in [0.4, 0.5) is 0 Å². The van der Waals surface area contributed by atoms with E-state index in [1.165, 1.54) is 3.98 Å². The van der Waals surface area contributed by atoms with Crippen LogP contribution in [0.25, 0.3) is 0 Å². The number of hydrogen-bond acceptors (Lipinski definition) is 0. The molecule has 0 bridgehead atoms. The van der Waals surface area contributed by atoms with E-state index in [1.807, 2.05) is 0 Å². The summed E-state index contributed by atoms with van der Waals surface area (Å²) in [4.78, 5) is 0. The van der Waals surface area contributed by atoms with E-state index in [0.717, 1.165) is 0 Å². The first kappa shape index (κ1) is 5.92. The second-order valence-electron chi connectivity index (χ2n) is 1.80. The van der Waals surface area contributed by atoms with E-state index in [4.69, 9.17) is 0 Å². The maximum atomic E-state index is 2.44. The summed E-state index contributed by atoms with van der Waals surface area (Å²) in [5.41, 5.74) is 0. The van der Waals surface area contributed by atoms with Gasteiger partial charge in [-0.3, -0.25) is 0 Å². The molecule has 1 heteroatoms. The molecule has 0 aliphatic rings. The average molecular weight is 264 g/mol. The van der Waals surface area contributed by atoms with Gasteiger partial charge < -0.3 is 0 Å². The molecule has 0 unspecified atom stereocenters. The van der Waals surface area contributed by atoms with E-state index < -0.39 is 22.7 Å². The van der Waals surface area contributed by atoms with Gasteiger partial charge in [-0.2, -0.15) is 0 Å². The molecule has 30 valence electrons. The van der Waals surface area contributed by atoms with Crippen molar-refractivity contribution in [1.82, 2.24) is 0 Å². The summed E-state index contributed by atoms with van der Waals surface area (Å²) >= 11 is -0.770. The molecule has 0 atom stereocenters. The Morgan fingerprint density at radius 2 is 1.60 bits per heavy atom. The second kappa shape index (κ2) is 3.13. The van der Waals surface area contributed by atoms with E-state index in [1.54, 1.807) is 0 Å². The summed E-state index contributed by atoms with van der Waals surface area (Å²) in [7, 11) is 0. The minimum absolute atomic E-state index is 0.770. The van der Waals surface area contributed by atoms with Crippen LogP contribution >= 0.6 is 0 Å². The van der Waals surface area contributed by atoms with E-state index in [0.29, 0.717) is 0 Å². The zero-order chi connectivity index (χ0) is 4.28. The Morgan fingerprint density at radius 3 is 1.60 bits per heavy atom. The first-order chi connectivity index (χ1) is 2.27. The quantitative estimate of drug-likeness (QED) is 0.633. The molecule has 0 aromatic rings. The molecule has 0 aromatic carbocycles. The minimum atomic E-state index is -0.770. The van der Waals surface area contributed by atoms with Crippen molar-refractivity contribution in [2.75, 3.05) is 0 Å². The van der Waals surface area contributed by atoms with Gasteiger partial charge in [-0.1, -0.05) is 0 Å². The van der Waals surface area contributed by atoms with Crippen molar-refractivity contribution in [3.63, 3.8) is 0 Å². The Hall–Kier alpha value is 0.922. The van der Waals surface area contributed by atoms with Crippen LogP contribution in [0.2, 0.25) is 12.9 Å². The van der Waals surface area contributed by atoms with Gasteiger partial charge in [0.1, 0.15) is 0 Å². The summed E-state index contributed by atoms with van der Waals surface area (Å²) in [5, 5.41) is 0. The van der Waals surface area contributed by atoms with Crippen LogP contribution in [0.3, 0.4) is 0 Å². The van der Waals surface area contributed by atoms with Gasteiger partial charge in [-0.25, -0.2) is 0 Å². The third-order valence-electron chi connectivity index (χ3n) is 0.816. The maximum absolute atomic E-state index is 2.44. The summed E-state index contributed by atoms with van der Waals surface area (Å²) in [6, 6.07) is 0. The molecule has 0 spiro atoms. The van der Waals surface area contributed by atoms with E-state index >= 15 is 0 Å².